The fraction of sp³-hybridized carbons (Fsp3) is 0.692. The Hall–Kier alpha value is -0.760. The summed E-state index contributed by atoms with van der Waals surface area (Å²) in [5, 5.41) is 3.66. The third-order valence-electron chi connectivity index (χ3n) is 3.52. The van der Waals surface area contributed by atoms with Crippen molar-refractivity contribution in [3.8, 4) is 0 Å². The van der Waals surface area contributed by atoms with Crippen LogP contribution in [-0.2, 0) is 13.1 Å². The largest absolute Gasteiger partial charge is 0.354 e. The van der Waals surface area contributed by atoms with Crippen molar-refractivity contribution in [2.24, 2.45) is 5.92 Å². The Morgan fingerprint density at radius 1 is 1.47 bits per heavy atom. The van der Waals surface area contributed by atoms with Gasteiger partial charge in [0.25, 0.3) is 0 Å². The second kappa shape index (κ2) is 4.01. The maximum atomic E-state index is 3.66. The van der Waals surface area contributed by atoms with E-state index in [2.05, 4.69) is 49.1 Å². The quantitative estimate of drug-likeness (QED) is 0.784. The summed E-state index contributed by atoms with van der Waals surface area (Å²) in [4.78, 5) is 0. The van der Waals surface area contributed by atoms with Crippen molar-refractivity contribution in [3.05, 3.63) is 24.0 Å². The van der Waals surface area contributed by atoms with Crippen LogP contribution in [0.1, 0.15) is 39.2 Å². The van der Waals surface area contributed by atoms with E-state index in [1.165, 1.54) is 18.4 Å². The number of hydrogen-bond acceptors (Lipinski definition) is 1. The van der Waals surface area contributed by atoms with Crippen molar-refractivity contribution in [3.63, 3.8) is 0 Å². The highest BCUT2D eigenvalue weighted by Crippen LogP contribution is 2.39. The van der Waals surface area contributed by atoms with Gasteiger partial charge in [0, 0.05) is 31.0 Å². The first-order valence-corrected chi connectivity index (χ1v) is 6.01. The van der Waals surface area contributed by atoms with Gasteiger partial charge in [-0.2, -0.15) is 0 Å². The van der Waals surface area contributed by atoms with E-state index in [1.54, 1.807) is 0 Å². The van der Waals surface area contributed by atoms with Gasteiger partial charge in [0.2, 0.25) is 0 Å². The van der Waals surface area contributed by atoms with Crippen LogP contribution in [0.3, 0.4) is 0 Å². The standard InChI is InChI=1S/C13H22N2/c1-4-15-8-7-11(10-15)9-14-13(2,3)12-5-6-12/h7-8,10,12,14H,4-6,9H2,1-3H3. The van der Waals surface area contributed by atoms with Crippen LogP contribution in [-0.4, -0.2) is 10.1 Å². The highest BCUT2D eigenvalue weighted by molar-refractivity contribution is 5.11. The molecule has 1 saturated carbocycles. The molecule has 1 heterocycles. The molecule has 1 aliphatic rings. The van der Waals surface area contributed by atoms with Crippen molar-refractivity contribution in [1.29, 1.82) is 0 Å². The summed E-state index contributed by atoms with van der Waals surface area (Å²) in [6, 6.07) is 2.21. The summed E-state index contributed by atoms with van der Waals surface area (Å²) in [5.41, 5.74) is 1.71. The van der Waals surface area contributed by atoms with Crippen molar-refractivity contribution in [2.45, 2.75) is 52.2 Å². The van der Waals surface area contributed by atoms with Crippen LogP contribution < -0.4 is 5.32 Å². The van der Waals surface area contributed by atoms with E-state index in [0.717, 1.165) is 19.0 Å². The van der Waals surface area contributed by atoms with Crippen molar-refractivity contribution in [1.82, 2.24) is 9.88 Å². The monoisotopic (exact) mass is 206 g/mol. The normalized spacial score (nSPS) is 17.0. The molecular weight excluding hydrogens is 184 g/mol. The second-order valence-electron chi connectivity index (χ2n) is 5.20. The molecule has 84 valence electrons. The maximum absolute atomic E-state index is 3.66. The minimum Gasteiger partial charge on any atom is -0.354 e. The summed E-state index contributed by atoms with van der Waals surface area (Å²) in [6.07, 6.45) is 7.18. The molecule has 1 aliphatic carbocycles. The SMILES string of the molecule is CCn1ccc(CNC(C)(C)C2CC2)c1. The molecule has 0 atom stereocenters. The van der Waals surface area contributed by atoms with Crippen LogP contribution in [0.4, 0.5) is 0 Å². The van der Waals surface area contributed by atoms with Gasteiger partial charge in [-0.3, -0.25) is 0 Å². The Morgan fingerprint density at radius 2 is 2.20 bits per heavy atom. The molecule has 0 radical (unpaired) electrons. The molecule has 0 bridgehead atoms. The predicted molar refractivity (Wildman–Crippen MR) is 63.7 cm³/mol. The van der Waals surface area contributed by atoms with Crippen molar-refractivity contribution >= 4 is 0 Å². The summed E-state index contributed by atoms with van der Waals surface area (Å²) < 4.78 is 2.22. The number of hydrogen-bond donors (Lipinski definition) is 1. The summed E-state index contributed by atoms with van der Waals surface area (Å²) in [6.45, 7) is 8.87. The summed E-state index contributed by atoms with van der Waals surface area (Å²) in [5.74, 6) is 0.894. The first-order chi connectivity index (χ1) is 7.12. The minimum atomic E-state index is 0.314. The molecule has 0 aliphatic heterocycles. The molecule has 0 unspecified atom stereocenters. The van der Waals surface area contributed by atoms with Gasteiger partial charge in [-0.25, -0.2) is 0 Å². The molecule has 0 aromatic carbocycles. The highest BCUT2D eigenvalue weighted by atomic mass is 15.0. The van der Waals surface area contributed by atoms with Gasteiger partial charge in [0.1, 0.15) is 0 Å². The van der Waals surface area contributed by atoms with Crippen molar-refractivity contribution < 1.29 is 0 Å². The lowest BCUT2D eigenvalue weighted by molar-refractivity contribution is 0.339. The fourth-order valence-corrected chi connectivity index (χ4v) is 2.07. The lowest BCUT2D eigenvalue weighted by Gasteiger charge is -2.26. The molecule has 0 amide bonds. The molecule has 1 fully saturated rings. The fourth-order valence-electron chi connectivity index (χ4n) is 2.07. The molecule has 1 N–H and O–H groups in total. The van der Waals surface area contributed by atoms with Crippen LogP contribution in [0.5, 0.6) is 0 Å². The number of nitrogens with one attached hydrogen (secondary N) is 1. The Morgan fingerprint density at radius 3 is 2.73 bits per heavy atom. The van der Waals surface area contributed by atoms with Crippen molar-refractivity contribution in [2.75, 3.05) is 0 Å². The van der Waals surface area contributed by atoms with Gasteiger partial charge in [-0.15, -0.1) is 0 Å². The topological polar surface area (TPSA) is 17.0 Å². The van der Waals surface area contributed by atoms with E-state index >= 15 is 0 Å². The van der Waals surface area contributed by atoms with Crippen LogP contribution in [0.15, 0.2) is 18.5 Å². The first-order valence-electron chi connectivity index (χ1n) is 6.01. The van der Waals surface area contributed by atoms with E-state index in [4.69, 9.17) is 0 Å². The molecule has 15 heavy (non-hydrogen) atoms. The highest BCUT2D eigenvalue weighted by Gasteiger charge is 2.37. The Kier molecular flexibility index (Phi) is 2.87. The molecule has 1 aromatic rings. The van der Waals surface area contributed by atoms with E-state index < -0.39 is 0 Å². The van der Waals surface area contributed by atoms with Crippen LogP contribution >= 0.6 is 0 Å². The lowest BCUT2D eigenvalue weighted by Crippen LogP contribution is -2.40. The smallest absolute Gasteiger partial charge is 0.0225 e. The summed E-state index contributed by atoms with van der Waals surface area (Å²) in [7, 11) is 0. The molecule has 2 heteroatoms. The number of aromatic nitrogens is 1. The van der Waals surface area contributed by atoms with Gasteiger partial charge < -0.3 is 9.88 Å². The summed E-state index contributed by atoms with van der Waals surface area (Å²) >= 11 is 0. The van der Waals surface area contributed by atoms with E-state index in [0.29, 0.717) is 5.54 Å². The molecule has 2 rings (SSSR count). The molecule has 0 saturated heterocycles. The third-order valence-corrected chi connectivity index (χ3v) is 3.52. The van der Waals surface area contributed by atoms with Gasteiger partial charge in [0.05, 0.1) is 0 Å². The van der Waals surface area contributed by atoms with Gasteiger partial charge in [0.15, 0.2) is 0 Å². The second-order valence-corrected chi connectivity index (χ2v) is 5.20. The van der Waals surface area contributed by atoms with E-state index in [-0.39, 0.29) is 0 Å². The van der Waals surface area contributed by atoms with Crippen LogP contribution in [0.25, 0.3) is 0 Å². The third kappa shape index (κ3) is 2.63. The number of aryl methyl sites for hydroxylation is 1. The Bertz CT molecular complexity index is 321. The Labute approximate surface area is 92.7 Å². The van der Waals surface area contributed by atoms with Crippen LogP contribution in [0, 0.1) is 5.92 Å². The zero-order chi connectivity index (χ0) is 10.9. The average molecular weight is 206 g/mol. The zero-order valence-corrected chi connectivity index (χ0v) is 10.1. The van der Waals surface area contributed by atoms with Crippen LogP contribution in [0.2, 0.25) is 0 Å². The lowest BCUT2D eigenvalue weighted by atomic mass is 9.98. The van der Waals surface area contributed by atoms with Gasteiger partial charge in [-0.1, -0.05) is 0 Å². The number of rotatable bonds is 5. The molecule has 0 spiro atoms. The first kappa shape index (κ1) is 10.7. The Balaban J connectivity index is 1.86. The zero-order valence-electron chi connectivity index (χ0n) is 10.1. The van der Waals surface area contributed by atoms with Gasteiger partial charge in [-0.05, 0) is 51.2 Å². The predicted octanol–water partition coefficient (Wildman–Crippen LogP) is 2.79. The molecule has 2 nitrogen and oxygen atoms in total. The molecular formula is C13H22N2. The molecule has 1 aromatic heterocycles. The average Bonchev–Trinajstić information content (AvgIpc) is 2.96. The minimum absolute atomic E-state index is 0.314. The van der Waals surface area contributed by atoms with E-state index in [9.17, 15) is 0 Å². The van der Waals surface area contributed by atoms with Gasteiger partial charge >= 0.3 is 0 Å². The van der Waals surface area contributed by atoms with E-state index in [1.807, 2.05) is 0 Å². The number of nitrogens with zero attached hydrogens (tertiary/aromatic N) is 1. The maximum Gasteiger partial charge on any atom is 0.0225 e.